The van der Waals surface area contributed by atoms with Crippen molar-refractivity contribution in [1.82, 2.24) is 0 Å². The van der Waals surface area contributed by atoms with E-state index in [-0.39, 0.29) is 0 Å². The van der Waals surface area contributed by atoms with Crippen molar-refractivity contribution in [3.05, 3.63) is 188 Å². The van der Waals surface area contributed by atoms with Crippen molar-refractivity contribution < 1.29 is 0 Å². The molecule has 0 saturated heterocycles. The first-order valence-electron chi connectivity index (χ1n) is 16.4. The van der Waals surface area contributed by atoms with Gasteiger partial charge in [0.2, 0.25) is 0 Å². The van der Waals surface area contributed by atoms with Gasteiger partial charge in [-0.05, 0) is 92.0 Å². The van der Waals surface area contributed by atoms with Gasteiger partial charge in [0.1, 0.15) is 0 Å². The second-order valence-corrected chi connectivity index (χ2v) is 12.3. The average Bonchev–Trinajstić information content (AvgIpc) is 3.16. The fraction of sp³-hybridized carbons (Fsp3) is 0. The van der Waals surface area contributed by atoms with Crippen LogP contribution in [0.2, 0.25) is 0 Å². The maximum atomic E-state index is 3.70. The lowest BCUT2D eigenvalue weighted by molar-refractivity contribution is 1.30. The number of anilines is 5. The second kappa shape index (κ2) is 11.8. The lowest BCUT2D eigenvalue weighted by atomic mass is 9.98. The first-order valence-corrected chi connectivity index (χ1v) is 16.4. The Hall–Kier alpha value is -6.38. The van der Waals surface area contributed by atoms with E-state index in [1.54, 1.807) is 0 Å². The van der Waals surface area contributed by atoms with Gasteiger partial charge in [-0.3, -0.25) is 0 Å². The quantitative estimate of drug-likeness (QED) is 0.188. The molecule has 0 amide bonds. The smallest absolute Gasteiger partial charge is 0.0546 e. The van der Waals surface area contributed by atoms with Gasteiger partial charge in [-0.15, -0.1) is 0 Å². The van der Waals surface area contributed by atoms with Crippen LogP contribution in [0.5, 0.6) is 0 Å². The Bertz CT molecular complexity index is 2570. The van der Waals surface area contributed by atoms with Crippen molar-refractivity contribution in [3.63, 3.8) is 0 Å². The molecule has 9 aromatic rings. The molecule has 0 aromatic heterocycles. The molecule has 2 nitrogen and oxygen atoms in total. The van der Waals surface area contributed by atoms with Crippen LogP contribution in [0.15, 0.2) is 188 Å². The van der Waals surface area contributed by atoms with Crippen molar-refractivity contribution in [2.24, 2.45) is 0 Å². The van der Waals surface area contributed by atoms with Gasteiger partial charge in [0.15, 0.2) is 0 Å². The van der Waals surface area contributed by atoms with Gasteiger partial charge in [0.25, 0.3) is 0 Å². The Balaban J connectivity index is 1.06. The molecule has 0 bridgehead atoms. The molecule has 9 aromatic carbocycles. The Labute approximate surface area is 280 Å². The minimum Gasteiger partial charge on any atom is -0.355 e. The molecule has 0 fully saturated rings. The summed E-state index contributed by atoms with van der Waals surface area (Å²) in [5.41, 5.74) is 7.95. The monoisotopic (exact) mass is 612 g/mol. The van der Waals surface area contributed by atoms with E-state index in [1.165, 1.54) is 59.9 Å². The van der Waals surface area contributed by atoms with Gasteiger partial charge in [0, 0.05) is 33.5 Å². The van der Waals surface area contributed by atoms with Gasteiger partial charge >= 0.3 is 0 Å². The highest BCUT2D eigenvalue weighted by Gasteiger charge is 2.17. The van der Waals surface area contributed by atoms with Crippen LogP contribution >= 0.6 is 0 Å². The molecule has 0 aliphatic rings. The molecule has 0 spiro atoms. The SMILES string of the molecule is c1ccc(N(c2ccc(-c3ccc(Nc4cc5ccccc5c5ccccc45)cc3)cc2)c2cc3ccccc3c3ccccc23)cc1. The topological polar surface area (TPSA) is 15.3 Å². The Kier molecular flexibility index (Phi) is 6.84. The predicted octanol–water partition coefficient (Wildman–Crippen LogP) is 13.2. The Morgan fingerprint density at radius 3 is 1.44 bits per heavy atom. The molecule has 1 N–H and O–H groups in total. The molecule has 226 valence electrons. The van der Waals surface area contributed by atoms with E-state index in [9.17, 15) is 0 Å². The molecule has 48 heavy (non-hydrogen) atoms. The maximum Gasteiger partial charge on any atom is 0.0546 e. The number of rotatable bonds is 6. The van der Waals surface area contributed by atoms with Crippen LogP contribution in [0.4, 0.5) is 28.4 Å². The molecule has 0 radical (unpaired) electrons. The minimum absolute atomic E-state index is 1.06. The van der Waals surface area contributed by atoms with Gasteiger partial charge in [0.05, 0.1) is 5.69 Å². The summed E-state index contributed by atoms with van der Waals surface area (Å²) >= 11 is 0. The zero-order chi connectivity index (χ0) is 31.9. The van der Waals surface area contributed by atoms with Crippen molar-refractivity contribution >= 4 is 71.5 Å². The summed E-state index contributed by atoms with van der Waals surface area (Å²) in [7, 11) is 0. The van der Waals surface area contributed by atoms with Crippen molar-refractivity contribution in [1.29, 1.82) is 0 Å². The number of hydrogen-bond acceptors (Lipinski definition) is 2. The van der Waals surface area contributed by atoms with Gasteiger partial charge < -0.3 is 10.2 Å². The fourth-order valence-corrected chi connectivity index (χ4v) is 7.09. The van der Waals surface area contributed by atoms with Crippen molar-refractivity contribution in [3.8, 4) is 11.1 Å². The van der Waals surface area contributed by atoms with Crippen molar-refractivity contribution in [2.75, 3.05) is 10.2 Å². The van der Waals surface area contributed by atoms with Crippen LogP contribution in [0.25, 0.3) is 54.2 Å². The maximum absolute atomic E-state index is 3.70. The highest BCUT2D eigenvalue weighted by Crippen LogP contribution is 2.42. The van der Waals surface area contributed by atoms with Crippen LogP contribution in [0.3, 0.4) is 0 Å². The van der Waals surface area contributed by atoms with Crippen LogP contribution in [0, 0.1) is 0 Å². The molecule has 0 heterocycles. The molecule has 2 heteroatoms. The second-order valence-electron chi connectivity index (χ2n) is 12.3. The number of fused-ring (bicyclic) bond motifs is 6. The Morgan fingerprint density at radius 2 is 0.792 bits per heavy atom. The Morgan fingerprint density at radius 1 is 0.333 bits per heavy atom. The number of nitrogens with one attached hydrogen (secondary N) is 1. The predicted molar refractivity (Wildman–Crippen MR) is 206 cm³/mol. The molecular weight excluding hydrogens is 581 g/mol. The van der Waals surface area contributed by atoms with E-state index in [2.05, 4.69) is 198 Å². The summed E-state index contributed by atoms with van der Waals surface area (Å²) in [6.07, 6.45) is 0. The molecule has 0 aliphatic heterocycles. The van der Waals surface area contributed by atoms with Crippen LogP contribution in [-0.2, 0) is 0 Å². The first-order chi connectivity index (χ1) is 23.8. The molecular formula is C46H32N2. The fourth-order valence-electron chi connectivity index (χ4n) is 7.09. The van der Waals surface area contributed by atoms with Gasteiger partial charge in [-0.2, -0.15) is 0 Å². The van der Waals surface area contributed by atoms with E-state index in [0.29, 0.717) is 0 Å². The third-order valence-electron chi connectivity index (χ3n) is 9.39. The van der Waals surface area contributed by atoms with Gasteiger partial charge in [-0.1, -0.05) is 140 Å². The van der Waals surface area contributed by atoms with E-state index in [1.807, 2.05) is 0 Å². The molecule has 9 rings (SSSR count). The number of nitrogens with zero attached hydrogens (tertiary/aromatic N) is 1. The van der Waals surface area contributed by atoms with Crippen LogP contribution < -0.4 is 10.2 Å². The summed E-state index contributed by atoms with van der Waals surface area (Å²) in [5, 5.41) is 13.7. The number of para-hydroxylation sites is 1. The summed E-state index contributed by atoms with van der Waals surface area (Å²) in [5.74, 6) is 0. The molecule has 0 unspecified atom stereocenters. The van der Waals surface area contributed by atoms with Crippen molar-refractivity contribution in [2.45, 2.75) is 0 Å². The number of benzene rings is 9. The van der Waals surface area contributed by atoms with Crippen LogP contribution in [-0.4, -0.2) is 0 Å². The molecule has 0 aliphatic carbocycles. The zero-order valence-electron chi connectivity index (χ0n) is 26.3. The van der Waals surface area contributed by atoms with E-state index >= 15 is 0 Å². The normalized spacial score (nSPS) is 11.3. The lowest BCUT2D eigenvalue weighted by Gasteiger charge is -2.27. The van der Waals surface area contributed by atoms with E-state index in [4.69, 9.17) is 0 Å². The summed E-state index contributed by atoms with van der Waals surface area (Å²) in [6.45, 7) is 0. The van der Waals surface area contributed by atoms with Crippen LogP contribution in [0.1, 0.15) is 0 Å². The first kappa shape index (κ1) is 27.9. The highest BCUT2D eigenvalue weighted by atomic mass is 15.1. The minimum atomic E-state index is 1.06. The summed E-state index contributed by atoms with van der Waals surface area (Å²) < 4.78 is 0. The largest absolute Gasteiger partial charge is 0.355 e. The lowest BCUT2D eigenvalue weighted by Crippen LogP contribution is -2.10. The molecule has 0 saturated carbocycles. The van der Waals surface area contributed by atoms with E-state index < -0.39 is 0 Å². The third kappa shape index (κ3) is 4.92. The summed E-state index contributed by atoms with van der Waals surface area (Å²) in [6, 6.07) is 67.5. The average molecular weight is 613 g/mol. The van der Waals surface area contributed by atoms with E-state index in [0.717, 1.165) is 22.7 Å². The molecule has 0 atom stereocenters. The summed E-state index contributed by atoms with van der Waals surface area (Å²) in [4.78, 5) is 2.37. The third-order valence-corrected chi connectivity index (χ3v) is 9.39. The standard InChI is InChI=1S/C46H32N2/c1-2-14-37(15-3-1)48(46-31-35-13-5-7-17-40(35)42-19-9-11-21-44(42)46)38-28-24-33(25-29-38)32-22-26-36(27-23-32)47-45-30-34-12-4-6-16-39(34)41-18-8-10-20-43(41)45/h1-31,47H. The van der Waals surface area contributed by atoms with Gasteiger partial charge in [-0.25, -0.2) is 0 Å². The zero-order valence-corrected chi connectivity index (χ0v) is 26.3. The highest BCUT2D eigenvalue weighted by molar-refractivity contribution is 6.15. The number of hydrogen-bond donors (Lipinski definition) is 1.